The van der Waals surface area contributed by atoms with Crippen LogP contribution in [-0.2, 0) is 13.0 Å². The minimum Gasteiger partial charge on any atom is -0.339 e. The predicted molar refractivity (Wildman–Crippen MR) is 72.9 cm³/mol. The lowest BCUT2D eigenvalue weighted by Gasteiger charge is -2.22. The van der Waals surface area contributed by atoms with E-state index in [-0.39, 0.29) is 12.4 Å². The summed E-state index contributed by atoms with van der Waals surface area (Å²) in [7, 11) is 2.00. The van der Waals surface area contributed by atoms with Gasteiger partial charge in [-0.15, -0.1) is 12.4 Å². The molecule has 2 heterocycles. The van der Waals surface area contributed by atoms with Crippen LogP contribution in [0.25, 0.3) is 0 Å². The molecule has 1 fully saturated rings. The van der Waals surface area contributed by atoms with Crippen LogP contribution in [0.15, 0.2) is 4.52 Å². The van der Waals surface area contributed by atoms with Crippen LogP contribution in [-0.4, -0.2) is 41.2 Å². The molecule has 1 aromatic heterocycles. The number of likely N-dealkylation sites (tertiary alicyclic amines) is 1. The predicted octanol–water partition coefficient (Wildman–Crippen LogP) is 1.63. The van der Waals surface area contributed by atoms with Gasteiger partial charge in [-0.2, -0.15) is 4.98 Å². The van der Waals surface area contributed by atoms with Gasteiger partial charge in [0.05, 0.1) is 6.54 Å². The summed E-state index contributed by atoms with van der Waals surface area (Å²) in [6.07, 6.45) is 4.47. The molecule has 1 aromatic rings. The molecule has 1 saturated heterocycles. The first-order valence-corrected chi connectivity index (χ1v) is 6.53. The maximum absolute atomic E-state index is 5.21. The molecule has 0 amide bonds. The second-order valence-electron chi connectivity index (χ2n) is 4.68. The van der Waals surface area contributed by atoms with Gasteiger partial charge < -0.3 is 9.84 Å². The number of likely N-dealkylation sites (N-methyl/N-ethyl adjacent to an activating group) is 1. The number of nitrogens with zero attached hydrogens (tertiary/aromatic N) is 3. The molecule has 1 aliphatic heterocycles. The summed E-state index contributed by atoms with van der Waals surface area (Å²) in [5, 5.41) is 7.29. The van der Waals surface area contributed by atoms with Gasteiger partial charge in [0.2, 0.25) is 5.89 Å². The highest BCUT2D eigenvalue weighted by Gasteiger charge is 2.25. The smallest absolute Gasteiger partial charge is 0.226 e. The Balaban J connectivity index is 0.00000162. The van der Waals surface area contributed by atoms with E-state index in [2.05, 4.69) is 27.3 Å². The molecular formula is C12H23ClN4O. The zero-order chi connectivity index (χ0) is 12.1. The van der Waals surface area contributed by atoms with Crippen molar-refractivity contribution in [2.24, 2.45) is 0 Å². The lowest BCUT2D eigenvalue weighted by molar-refractivity contribution is 0.232. The fourth-order valence-electron chi connectivity index (χ4n) is 2.42. The zero-order valence-corrected chi connectivity index (χ0v) is 12.0. The molecule has 104 valence electrons. The average molecular weight is 275 g/mol. The Labute approximate surface area is 115 Å². The van der Waals surface area contributed by atoms with Gasteiger partial charge >= 0.3 is 0 Å². The minimum atomic E-state index is 0. The first-order valence-electron chi connectivity index (χ1n) is 6.53. The Morgan fingerprint density at radius 2 is 2.33 bits per heavy atom. The average Bonchev–Trinajstić information content (AvgIpc) is 2.91. The summed E-state index contributed by atoms with van der Waals surface area (Å²) in [4.78, 5) is 6.86. The fraction of sp³-hybridized carbons (Fsp3) is 0.833. The molecule has 0 aliphatic carbocycles. The summed E-state index contributed by atoms with van der Waals surface area (Å²) in [6.45, 7) is 5.12. The molecule has 1 atom stereocenters. The van der Waals surface area contributed by atoms with Crippen LogP contribution in [0.5, 0.6) is 0 Å². The monoisotopic (exact) mass is 274 g/mol. The topological polar surface area (TPSA) is 54.2 Å². The van der Waals surface area contributed by atoms with Gasteiger partial charge in [0.1, 0.15) is 0 Å². The summed E-state index contributed by atoms with van der Waals surface area (Å²) in [6, 6.07) is 0.619. The molecule has 0 saturated carbocycles. The van der Waals surface area contributed by atoms with Crippen LogP contribution in [0.3, 0.4) is 0 Å². The second-order valence-corrected chi connectivity index (χ2v) is 4.68. The first kappa shape index (κ1) is 15.4. The Morgan fingerprint density at radius 1 is 1.50 bits per heavy atom. The number of hydrogen-bond acceptors (Lipinski definition) is 5. The third-order valence-electron chi connectivity index (χ3n) is 3.26. The van der Waals surface area contributed by atoms with Gasteiger partial charge in [0.25, 0.3) is 0 Å². The van der Waals surface area contributed by atoms with Gasteiger partial charge in [-0.05, 0) is 32.9 Å². The third kappa shape index (κ3) is 3.93. The number of nitrogens with one attached hydrogen (secondary N) is 1. The van der Waals surface area contributed by atoms with Crippen molar-refractivity contribution in [1.82, 2.24) is 20.4 Å². The van der Waals surface area contributed by atoms with E-state index in [0.29, 0.717) is 6.04 Å². The lowest BCUT2D eigenvalue weighted by Crippen LogP contribution is -2.36. The summed E-state index contributed by atoms with van der Waals surface area (Å²) in [5.41, 5.74) is 0. The van der Waals surface area contributed by atoms with Gasteiger partial charge in [0.15, 0.2) is 5.82 Å². The molecule has 0 bridgehead atoms. The SMILES string of the molecule is CCCc1nc(CN2CCCC2CNC)no1.Cl. The van der Waals surface area contributed by atoms with E-state index in [4.69, 9.17) is 4.52 Å². The summed E-state index contributed by atoms with van der Waals surface area (Å²) < 4.78 is 5.21. The van der Waals surface area contributed by atoms with Crippen LogP contribution < -0.4 is 5.32 Å². The fourth-order valence-corrected chi connectivity index (χ4v) is 2.42. The Bertz CT molecular complexity index is 345. The molecule has 1 aliphatic rings. The van der Waals surface area contributed by atoms with E-state index in [9.17, 15) is 0 Å². The largest absolute Gasteiger partial charge is 0.339 e. The molecule has 1 unspecified atom stereocenters. The van der Waals surface area contributed by atoms with E-state index in [0.717, 1.165) is 44.2 Å². The standard InChI is InChI=1S/C12H22N4O.ClH/c1-3-5-12-14-11(15-17-12)9-16-7-4-6-10(16)8-13-2;/h10,13H,3-9H2,1-2H3;1H. The molecule has 0 spiro atoms. The van der Waals surface area contributed by atoms with E-state index >= 15 is 0 Å². The molecule has 1 N–H and O–H groups in total. The van der Waals surface area contributed by atoms with Crippen molar-refractivity contribution in [1.29, 1.82) is 0 Å². The quantitative estimate of drug-likeness (QED) is 0.854. The molecule has 5 nitrogen and oxygen atoms in total. The van der Waals surface area contributed by atoms with Crippen LogP contribution in [0, 0.1) is 0 Å². The molecule has 0 aromatic carbocycles. The highest BCUT2D eigenvalue weighted by atomic mass is 35.5. The highest BCUT2D eigenvalue weighted by molar-refractivity contribution is 5.85. The van der Waals surface area contributed by atoms with E-state index < -0.39 is 0 Å². The van der Waals surface area contributed by atoms with Crippen molar-refractivity contribution in [2.45, 2.75) is 45.2 Å². The van der Waals surface area contributed by atoms with Crippen molar-refractivity contribution in [3.05, 3.63) is 11.7 Å². The minimum absolute atomic E-state index is 0. The van der Waals surface area contributed by atoms with E-state index in [1.54, 1.807) is 0 Å². The van der Waals surface area contributed by atoms with Crippen LogP contribution in [0.4, 0.5) is 0 Å². The number of halogens is 1. The molecule has 0 radical (unpaired) electrons. The lowest BCUT2D eigenvalue weighted by atomic mass is 10.2. The number of rotatable bonds is 6. The Morgan fingerprint density at radius 3 is 3.06 bits per heavy atom. The normalized spacial score (nSPS) is 20.0. The van der Waals surface area contributed by atoms with Crippen molar-refractivity contribution in [2.75, 3.05) is 20.1 Å². The van der Waals surface area contributed by atoms with Gasteiger partial charge in [-0.3, -0.25) is 4.90 Å². The maximum Gasteiger partial charge on any atom is 0.226 e. The third-order valence-corrected chi connectivity index (χ3v) is 3.26. The van der Waals surface area contributed by atoms with Gasteiger partial charge in [0, 0.05) is 19.0 Å². The highest BCUT2D eigenvalue weighted by Crippen LogP contribution is 2.18. The van der Waals surface area contributed by atoms with Crippen LogP contribution in [0.1, 0.15) is 37.9 Å². The van der Waals surface area contributed by atoms with Crippen molar-refractivity contribution >= 4 is 12.4 Å². The van der Waals surface area contributed by atoms with Crippen LogP contribution in [0.2, 0.25) is 0 Å². The van der Waals surface area contributed by atoms with Gasteiger partial charge in [-0.1, -0.05) is 12.1 Å². The maximum atomic E-state index is 5.21. The number of hydrogen-bond donors (Lipinski definition) is 1. The summed E-state index contributed by atoms with van der Waals surface area (Å²) in [5.74, 6) is 1.60. The van der Waals surface area contributed by atoms with E-state index in [1.165, 1.54) is 12.8 Å². The van der Waals surface area contributed by atoms with E-state index in [1.807, 2.05) is 7.05 Å². The van der Waals surface area contributed by atoms with Crippen molar-refractivity contribution in [3.63, 3.8) is 0 Å². The van der Waals surface area contributed by atoms with Crippen molar-refractivity contribution < 1.29 is 4.52 Å². The van der Waals surface area contributed by atoms with Crippen molar-refractivity contribution in [3.8, 4) is 0 Å². The van der Waals surface area contributed by atoms with Crippen LogP contribution >= 0.6 is 12.4 Å². The molecule has 18 heavy (non-hydrogen) atoms. The second kappa shape index (κ2) is 7.71. The molecule has 6 heteroatoms. The number of aromatic nitrogens is 2. The summed E-state index contributed by atoms with van der Waals surface area (Å²) >= 11 is 0. The van der Waals surface area contributed by atoms with Gasteiger partial charge in [-0.25, -0.2) is 0 Å². The number of aryl methyl sites for hydroxylation is 1. The molecule has 2 rings (SSSR count). The Kier molecular flexibility index (Phi) is 6.60. The first-order chi connectivity index (χ1) is 8.33. The molecular weight excluding hydrogens is 252 g/mol. The zero-order valence-electron chi connectivity index (χ0n) is 11.2. The Hall–Kier alpha value is -0.650.